The number of amides is 2. The van der Waals surface area contributed by atoms with E-state index in [1.807, 2.05) is 0 Å². The molecule has 2 amide bonds. The van der Waals surface area contributed by atoms with Gasteiger partial charge in [-0.2, -0.15) is 0 Å². The number of ketones is 1. The maximum absolute atomic E-state index is 11.9. The van der Waals surface area contributed by atoms with Crippen LogP contribution < -0.4 is 10.6 Å². The summed E-state index contributed by atoms with van der Waals surface area (Å²) in [5, 5.41) is 5.14. The summed E-state index contributed by atoms with van der Waals surface area (Å²) in [5.74, 6) is -2.19. The van der Waals surface area contributed by atoms with Gasteiger partial charge in [0.25, 0.3) is 5.91 Å². The number of carbonyl (C=O) groups is 5. The molecule has 0 heterocycles. The number of anilines is 2. The standard InChI is InChI=1S/C23H24N2O7/c1-3-31-23(30)17-6-10-19(11-7-17)25-21(28)14-32-22(29)13-12-20(27)24-18-8-4-16(5-9-18)15(2)26/h4-11H,3,12-14H2,1-2H3,(H,24,27)(H,25,28). The maximum atomic E-state index is 11.9. The van der Waals surface area contributed by atoms with Crippen LogP contribution in [0, 0.1) is 0 Å². The molecule has 0 bridgehead atoms. The molecule has 2 aromatic carbocycles. The minimum Gasteiger partial charge on any atom is -0.462 e. The second-order valence-electron chi connectivity index (χ2n) is 6.69. The molecule has 0 aromatic heterocycles. The number of hydrogen-bond donors (Lipinski definition) is 2. The summed E-state index contributed by atoms with van der Waals surface area (Å²) < 4.78 is 9.75. The molecule has 9 nitrogen and oxygen atoms in total. The second-order valence-corrected chi connectivity index (χ2v) is 6.69. The van der Waals surface area contributed by atoms with E-state index in [1.54, 1.807) is 31.2 Å². The number of esters is 2. The summed E-state index contributed by atoms with van der Waals surface area (Å²) in [6.07, 6.45) is -0.316. The van der Waals surface area contributed by atoms with Gasteiger partial charge >= 0.3 is 11.9 Å². The topological polar surface area (TPSA) is 128 Å². The lowest BCUT2D eigenvalue weighted by atomic mass is 10.1. The Balaban J connectivity index is 1.69. The van der Waals surface area contributed by atoms with Gasteiger partial charge in [0, 0.05) is 23.4 Å². The molecule has 0 aliphatic heterocycles. The van der Waals surface area contributed by atoms with Gasteiger partial charge in [-0.3, -0.25) is 19.2 Å². The van der Waals surface area contributed by atoms with Gasteiger partial charge in [-0.05, 0) is 62.4 Å². The lowest BCUT2D eigenvalue weighted by Gasteiger charge is -2.08. The Bertz CT molecular complexity index is 982. The summed E-state index contributed by atoms with van der Waals surface area (Å²) in [4.78, 5) is 58.5. The molecule has 2 N–H and O–H groups in total. The third kappa shape index (κ3) is 8.02. The molecule has 32 heavy (non-hydrogen) atoms. The number of nitrogens with one attached hydrogen (secondary N) is 2. The zero-order valence-electron chi connectivity index (χ0n) is 17.8. The Morgan fingerprint density at radius 1 is 0.719 bits per heavy atom. The monoisotopic (exact) mass is 440 g/mol. The molecule has 2 aromatic rings. The van der Waals surface area contributed by atoms with Crippen LogP contribution in [0.15, 0.2) is 48.5 Å². The lowest BCUT2D eigenvalue weighted by Crippen LogP contribution is -2.21. The Hall–Kier alpha value is -4.01. The molecule has 0 saturated heterocycles. The number of ether oxygens (including phenoxy) is 2. The van der Waals surface area contributed by atoms with Crippen molar-refractivity contribution in [3.05, 3.63) is 59.7 Å². The Morgan fingerprint density at radius 2 is 1.25 bits per heavy atom. The first kappa shape index (κ1) is 24.3. The average Bonchev–Trinajstić information content (AvgIpc) is 2.77. The van der Waals surface area contributed by atoms with Gasteiger partial charge in [0.1, 0.15) is 0 Å². The quantitative estimate of drug-likeness (QED) is 0.429. The first-order valence-electron chi connectivity index (χ1n) is 9.92. The summed E-state index contributed by atoms with van der Waals surface area (Å²) in [7, 11) is 0. The minimum absolute atomic E-state index is 0.0802. The van der Waals surface area contributed by atoms with Crippen molar-refractivity contribution in [2.45, 2.75) is 26.7 Å². The largest absolute Gasteiger partial charge is 0.462 e. The van der Waals surface area contributed by atoms with Crippen LogP contribution in [0.3, 0.4) is 0 Å². The van der Waals surface area contributed by atoms with Crippen LogP contribution in [0.4, 0.5) is 11.4 Å². The van der Waals surface area contributed by atoms with E-state index in [-0.39, 0.29) is 25.2 Å². The molecule has 0 spiro atoms. The highest BCUT2D eigenvalue weighted by molar-refractivity contribution is 5.97. The van der Waals surface area contributed by atoms with E-state index in [0.717, 1.165) is 0 Å². The molecule has 0 aliphatic carbocycles. The molecular formula is C23H24N2O7. The first-order chi connectivity index (χ1) is 15.3. The highest BCUT2D eigenvalue weighted by Gasteiger charge is 2.12. The molecule has 0 fully saturated rings. The highest BCUT2D eigenvalue weighted by atomic mass is 16.5. The van der Waals surface area contributed by atoms with Crippen molar-refractivity contribution in [2.75, 3.05) is 23.8 Å². The van der Waals surface area contributed by atoms with E-state index in [4.69, 9.17) is 9.47 Å². The molecule has 0 saturated carbocycles. The van der Waals surface area contributed by atoms with Crippen LogP contribution in [0.1, 0.15) is 47.4 Å². The molecule has 0 radical (unpaired) electrons. The van der Waals surface area contributed by atoms with E-state index in [1.165, 1.54) is 31.2 Å². The van der Waals surface area contributed by atoms with Gasteiger partial charge in [0.2, 0.25) is 5.91 Å². The third-order valence-corrected chi connectivity index (χ3v) is 4.18. The first-order valence-corrected chi connectivity index (χ1v) is 9.92. The number of rotatable bonds is 10. The Morgan fingerprint density at radius 3 is 1.78 bits per heavy atom. The van der Waals surface area contributed by atoms with Crippen molar-refractivity contribution in [1.29, 1.82) is 0 Å². The van der Waals surface area contributed by atoms with Crippen LogP contribution >= 0.6 is 0 Å². The van der Waals surface area contributed by atoms with E-state index < -0.39 is 30.4 Å². The van der Waals surface area contributed by atoms with E-state index in [9.17, 15) is 24.0 Å². The number of Topliss-reactive ketones (excluding diaryl/α,β-unsaturated/α-hetero) is 1. The van der Waals surface area contributed by atoms with Crippen molar-refractivity contribution >= 4 is 40.9 Å². The number of carbonyl (C=O) groups excluding carboxylic acids is 5. The smallest absolute Gasteiger partial charge is 0.338 e. The summed E-state index contributed by atoms with van der Waals surface area (Å²) >= 11 is 0. The predicted molar refractivity (Wildman–Crippen MR) is 116 cm³/mol. The fourth-order valence-corrected chi connectivity index (χ4v) is 2.55. The van der Waals surface area contributed by atoms with Crippen molar-refractivity contribution < 1.29 is 33.4 Å². The minimum atomic E-state index is -0.695. The van der Waals surface area contributed by atoms with Gasteiger partial charge < -0.3 is 20.1 Å². The number of benzene rings is 2. The van der Waals surface area contributed by atoms with Crippen molar-refractivity contribution in [3.63, 3.8) is 0 Å². The fourth-order valence-electron chi connectivity index (χ4n) is 2.55. The van der Waals surface area contributed by atoms with Gasteiger partial charge in [-0.25, -0.2) is 4.79 Å². The molecule has 9 heteroatoms. The van der Waals surface area contributed by atoms with Crippen molar-refractivity contribution in [3.8, 4) is 0 Å². The molecule has 0 atom stereocenters. The van der Waals surface area contributed by atoms with E-state index in [2.05, 4.69) is 10.6 Å². The average molecular weight is 440 g/mol. The summed E-state index contributed by atoms with van der Waals surface area (Å²) in [6, 6.07) is 12.4. The van der Waals surface area contributed by atoms with Crippen LogP contribution in [0.5, 0.6) is 0 Å². The normalized spacial score (nSPS) is 10.1. The fraction of sp³-hybridized carbons (Fsp3) is 0.261. The van der Waals surface area contributed by atoms with Gasteiger partial charge in [0.05, 0.1) is 18.6 Å². The van der Waals surface area contributed by atoms with Crippen LogP contribution in [-0.2, 0) is 23.9 Å². The molecule has 0 unspecified atom stereocenters. The highest BCUT2D eigenvalue weighted by Crippen LogP contribution is 2.12. The van der Waals surface area contributed by atoms with E-state index >= 15 is 0 Å². The lowest BCUT2D eigenvalue weighted by molar-refractivity contribution is -0.147. The van der Waals surface area contributed by atoms with Gasteiger partial charge in [-0.15, -0.1) is 0 Å². The van der Waals surface area contributed by atoms with Crippen molar-refractivity contribution in [2.24, 2.45) is 0 Å². The SMILES string of the molecule is CCOC(=O)c1ccc(NC(=O)COC(=O)CCC(=O)Nc2ccc(C(C)=O)cc2)cc1. The maximum Gasteiger partial charge on any atom is 0.338 e. The van der Waals surface area contributed by atoms with Gasteiger partial charge in [-0.1, -0.05) is 0 Å². The van der Waals surface area contributed by atoms with Gasteiger partial charge in [0.15, 0.2) is 12.4 Å². The molecule has 0 aliphatic rings. The van der Waals surface area contributed by atoms with Crippen LogP contribution in [-0.4, -0.2) is 42.7 Å². The predicted octanol–water partition coefficient (Wildman–Crippen LogP) is 2.97. The Labute approximate surface area is 185 Å². The summed E-state index contributed by atoms with van der Waals surface area (Å²) in [5.41, 5.74) is 1.81. The molecular weight excluding hydrogens is 416 g/mol. The molecule has 168 valence electrons. The zero-order valence-corrected chi connectivity index (χ0v) is 17.8. The molecule has 2 rings (SSSR count). The van der Waals surface area contributed by atoms with Crippen LogP contribution in [0.25, 0.3) is 0 Å². The van der Waals surface area contributed by atoms with E-state index in [0.29, 0.717) is 22.5 Å². The number of hydrogen-bond acceptors (Lipinski definition) is 7. The summed E-state index contributed by atoms with van der Waals surface area (Å²) in [6.45, 7) is 2.90. The second kappa shape index (κ2) is 12.0. The van der Waals surface area contributed by atoms with Crippen molar-refractivity contribution in [1.82, 2.24) is 0 Å². The van der Waals surface area contributed by atoms with Crippen LogP contribution in [0.2, 0.25) is 0 Å². The zero-order chi connectivity index (χ0) is 23.5. The Kier molecular flexibility index (Phi) is 9.09. The third-order valence-electron chi connectivity index (χ3n) is 4.18.